The minimum absolute atomic E-state index is 0. The van der Waals surface area contributed by atoms with Crippen LogP contribution in [0.5, 0.6) is 0 Å². The van der Waals surface area contributed by atoms with E-state index >= 15 is 0 Å². The van der Waals surface area contributed by atoms with Crippen LogP contribution in [0.4, 0.5) is 0 Å². The lowest BCUT2D eigenvalue weighted by molar-refractivity contribution is -0.125. The molecule has 2 rings (SSSR count). The Hall–Kier alpha value is -0.810. The predicted molar refractivity (Wildman–Crippen MR) is 91.5 cm³/mol. The van der Waals surface area contributed by atoms with Crippen molar-refractivity contribution in [3.8, 4) is 0 Å². The Morgan fingerprint density at radius 2 is 2.14 bits per heavy atom. The Bertz CT molecular complexity index is 487. The van der Waals surface area contributed by atoms with Gasteiger partial charge in [0, 0.05) is 18.7 Å². The second-order valence-corrected chi connectivity index (χ2v) is 6.08. The van der Waals surface area contributed by atoms with Gasteiger partial charge in [0.1, 0.15) is 0 Å². The number of halogens is 2. The van der Waals surface area contributed by atoms with Crippen molar-refractivity contribution in [2.75, 3.05) is 13.7 Å². The monoisotopic (exact) mass is 346 g/mol. The minimum Gasteiger partial charge on any atom is -0.380 e. The molecule has 1 unspecified atom stereocenters. The average molecular weight is 347 g/mol. The molecule has 124 valence electrons. The van der Waals surface area contributed by atoms with Gasteiger partial charge in [0.15, 0.2) is 0 Å². The molecule has 0 radical (unpaired) electrons. The van der Waals surface area contributed by atoms with Gasteiger partial charge in [-0.1, -0.05) is 36.6 Å². The number of hydrogen-bond acceptors (Lipinski definition) is 3. The number of rotatable bonds is 6. The molecule has 0 aromatic heterocycles. The van der Waals surface area contributed by atoms with Crippen molar-refractivity contribution < 1.29 is 9.53 Å². The molecule has 0 heterocycles. The van der Waals surface area contributed by atoms with Crippen LogP contribution in [-0.2, 0) is 15.1 Å². The Morgan fingerprint density at radius 1 is 1.45 bits per heavy atom. The molecule has 1 fully saturated rings. The molecular weight excluding hydrogens is 323 g/mol. The van der Waals surface area contributed by atoms with Crippen LogP contribution >= 0.6 is 24.0 Å². The fraction of sp³-hybridized carbons (Fsp3) is 0.562. The molecule has 1 saturated carbocycles. The molecule has 1 atom stereocenters. The highest BCUT2D eigenvalue weighted by molar-refractivity contribution is 6.30. The van der Waals surface area contributed by atoms with Gasteiger partial charge in [-0.15, -0.1) is 12.4 Å². The van der Waals surface area contributed by atoms with Crippen molar-refractivity contribution in [2.24, 2.45) is 5.73 Å². The Balaban J connectivity index is 0.00000242. The van der Waals surface area contributed by atoms with Crippen molar-refractivity contribution in [3.05, 3.63) is 34.9 Å². The number of hydrogen-bond donors (Lipinski definition) is 2. The SMILES string of the molecule is COC(CN)CC(=O)NC1(c2cccc(Cl)c2)CCCC1.Cl. The van der Waals surface area contributed by atoms with Crippen LogP contribution in [0, 0.1) is 0 Å². The molecule has 22 heavy (non-hydrogen) atoms. The van der Waals surface area contributed by atoms with Gasteiger partial charge >= 0.3 is 0 Å². The predicted octanol–water partition coefficient (Wildman–Crippen LogP) is 3.01. The highest BCUT2D eigenvalue weighted by atomic mass is 35.5. The maximum Gasteiger partial charge on any atom is 0.223 e. The smallest absolute Gasteiger partial charge is 0.223 e. The zero-order valence-electron chi connectivity index (χ0n) is 12.8. The van der Waals surface area contributed by atoms with Crippen LogP contribution in [0.25, 0.3) is 0 Å². The summed E-state index contributed by atoms with van der Waals surface area (Å²) in [7, 11) is 1.58. The van der Waals surface area contributed by atoms with E-state index in [9.17, 15) is 4.79 Å². The van der Waals surface area contributed by atoms with Crippen LogP contribution in [0.3, 0.4) is 0 Å². The van der Waals surface area contributed by atoms with E-state index in [1.54, 1.807) is 7.11 Å². The number of amides is 1. The molecule has 0 spiro atoms. The third-order valence-electron chi connectivity index (χ3n) is 4.22. The normalized spacial score (nSPS) is 17.6. The highest BCUT2D eigenvalue weighted by Crippen LogP contribution is 2.39. The van der Waals surface area contributed by atoms with Gasteiger partial charge in [0.05, 0.1) is 18.1 Å². The van der Waals surface area contributed by atoms with Gasteiger partial charge in [-0.2, -0.15) is 0 Å². The first-order valence-corrected chi connectivity index (χ1v) is 7.77. The van der Waals surface area contributed by atoms with Gasteiger partial charge in [-0.25, -0.2) is 0 Å². The summed E-state index contributed by atoms with van der Waals surface area (Å²) in [4.78, 5) is 12.3. The number of methoxy groups -OCH3 is 1. The van der Waals surface area contributed by atoms with E-state index in [0.29, 0.717) is 11.6 Å². The van der Waals surface area contributed by atoms with Crippen LogP contribution < -0.4 is 11.1 Å². The van der Waals surface area contributed by atoms with Crippen molar-refractivity contribution in [1.29, 1.82) is 0 Å². The van der Waals surface area contributed by atoms with Crippen molar-refractivity contribution >= 4 is 29.9 Å². The first-order chi connectivity index (χ1) is 10.1. The maximum atomic E-state index is 12.3. The fourth-order valence-electron chi connectivity index (χ4n) is 3.04. The lowest BCUT2D eigenvalue weighted by Gasteiger charge is -2.32. The molecule has 3 N–H and O–H groups in total. The summed E-state index contributed by atoms with van der Waals surface area (Å²) < 4.78 is 5.19. The highest BCUT2D eigenvalue weighted by Gasteiger charge is 2.37. The van der Waals surface area contributed by atoms with E-state index in [1.807, 2.05) is 24.3 Å². The van der Waals surface area contributed by atoms with E-state index in [4.69, 9.17) is 22.1 Å². The van der Waals surface area contributed by atoms with Crippen LogP contribution in [0.15, 0.2) is 24.3 Å². The van der Waals surface area contributed by atoms with E-state index in [0.717, 1.165) is 31.2 Å². The second kappa shape index (κ2) is 8.73. The summed E-state index contributed by atoms with van der Waals surface area (Å²) in [6, 6.07) is 7.77. The van der Waals surface area contributed by atoms with Gasteiger partial charge < -0.3 is 15.8 Å². The number of nitrogens with two attached hydrogens (primary N) is 1. The molecule has 1 aliphatic carbocycles. The van der Waals surface area contributed by atoms with Crippen molar-refractivity contribution in [1.82, 2.24) is 5.32 Å². The molecule has 1 aromatic carbocycles. The van der Waals surface area contributed by atoms with Gasteiger partial charge in [0.2, 0.25) is 5.91 Å². The van der Waals surface area contributed by atoms with Crippen LogP contribution in [-0.4, -0.2) is 25.7 Å². The maximum absolute atomic E-state index is 12.3. The lowest BCUT2D eigenvalue weighted by atomic mass is 9.88. The molecule has 1 aromatic rings. The quantitative estimate of drug-likeness (QED) is 0.831. The topological polar surface area (TPSA) is 64.3 Å². The molecule has 6 heteroatoms. The Labute approximate surface area is 143 Å². The lowest BCUT2D eigenvalue weighted by Crippen LogP contribution is -2.45. The molecular formula is C16H24Cl2N2O2. The minimum atomic E-state index is -0.297. The third-order valence-corrected chi connectivity index (χ3v) is 4.46. The van der Waals surface area contributed by atoms with Crippen LogP contribution in [0.1, 0.15) is 37.7 Å². The van der Waals surface area contributed by atoms with E-state index in [-0.39, 0.29) is 36.4 Å². The molecule has 1 aliphatic rings. The fourth-order valence-corrected chi connectivity index (χ4v) is 3.23. The van der Waals surface area contributed by atoms with Crippen molar-refractivity contribution in [3.63, 3.8) is 0 Å². The summed E-state index contributed by atoms with van der Waals surface area (Å²) in [5, 5.41) is 3.90. The second-order valence-electron chi connectivity index (χ2n) is 5.65. The van der Waals surface area contributed by atoms with E-state index in [2.05, 4.69) is 5.32 Å². The Kier molecular flexibility index (Phi) is 7.63. The first-order valence-electron chi connectivity index (χ1n) is 7.39. The number of benzene rings is 1. The van der Waals surface area contributed by atoms with Crippen LogP contribution in [0.2, 0.25) is 5.02 Å². The summed E-state index contributed by atoms with van der Waals surface area (Å²) in [5.41, 5.74) is 6.37. The molecule has 0 bridgehead atoms. The summed E-state index contributed by atoms with van der Waals surface area (Å²) in [5.74, 6) is -0.0193. The largest absolute Gasteiger partial charge is 0.380 e. The number of nitrogens with one attached hydrogen (secondary N) is 1. The Morgan fingerprint density at radius 3 is 2.68 bits per heavy atom. The number of carbonyl (C=O) groups is 1. The van der Waals surface area contributed by atoms with Gasteiger partial charge in [0.25, 0.3) is 0 Å². The molecule has 4 nitrogen and oxygen atoms in total. The number of ether oxygens (including phenoxy) is 1. The van der Waals surface area contributed by atoms with Gasteiger partial charge in [-0.05, 0) is 30.5 Å². The van der Waals surface area contributed by atoms with E-state index in [1.165, 1.54) is 0 Å². The summed E-state index contributed by atoms with van der Waals surface area (Å²) >= 11 is 6.10. The van der Waals surface area contributed by atoms with E-state index < -0.39 is 0 Å². The summed E-state index contributed by atoms with van der Waals surface area (Å²) in [6.45, 7) is 0.341. The van der Waals surface area contributed by atoms with Gasteiger partial charge in [-0.3, -0.25) is 4.79 Å². The number of carbonyl (C=O) groups excluding carboxylic acids is 1. The third kappa shape index (κ3) is 4.59. The zero-order valence-corrected chi connectivity index (χ0v) is 14.4. The first kappa shape index (κ1) is 19.2. The average Bonchev–Trinajstić information content (AvgIpc) is 2.94. The summed E-state index contributed by atoms with van der Waals surface area (Å²) in [6.07, 6.45) is 4.16. The standard InChI is InChI=1S/C16H23ClN2O2.ClH/c1-21-14(11-18)10-15(20)19-16(7-2-3-8-16)12-5-4-6-13(17)9-12;/h4-6,9,14H,2-3,7-8,10-11,18H2,1H3,(H,19,20);1H. The molecule has 0 aliphatic heterocycles. The zero-order chi connectivity index (χ0) is 15.3. The molecule has 1 amide bonds. The molecule has 0 saturated heterocycles. The van der Waals surface area contributed by atoms with Crippen molar-refractivity contribution in [2.45, 2.75) is 43.7 Å².